The van der Waals surface area contributed by atoms with Crippen molar-refractivity contribution in [1.82, 2.24) is 14.6 Å². The number of esters is 1. The standard InChI is InChI=1S/C24H22N4O5S/c1-3-21-27-28-22(30)12-18(26-24(28)34-21)13-33-23(31)16-8-6-9-17(11-16)25-20(29)14-32-19-10-5-4-7-15(19)2/h4-12H,3,13-14H2,1-2H3,(H,25,29). The lowest BCUT2D eigenvalue weighted by molar-refractivity contribution is -0.118. The smallest absolute Gasteiger partial charge is 0.338 e. The fourth-order valence-electron chi connectivity index (χ4n) is 3.12. The second-order valence-electron chi connectivity index (χ2n) is 7.39. The van der Waals surface area contributed by atoms with Gasteiger partial charge in [0.2, 0.25) is 4.96 Å². The minimum absolute atomic E-state index is 0.162. The van der Waals surface area contributed by atoms with E-state index < -0.39 is 5.97 Å². The van der Waals surface area contributed by atoms with E-state index >= 15 is 0 Å². The summed E-state index contributed by atoms with van der Waals surface area (Å²) >= 11 is 1.32. The van der Waals surface area contributed by atoms with Crippen molar-refractivity contribution in [3.8, 4) is 5.75 Å². The Balaban J connectivity index is 1.36. The van der Waals surface area contributed by atoms with Crippen molar-refractivity contribution in [2.45, 2.75) is 26.9 Å². The van der Waals surface area contributed by atoms with Gasteiger partial charge in [-0.1, -0.05) is 42.5 Å². The summed E-state index contributed by atoms with van der Waals surface area (Å²) in [7, 11) is 0. The summed E-state index contributed by atoms with van der Waals surface area (Å²) in [6, 6.07) is 15.1. The van der Waals surface area contributed by atoms with Crippen molar-refractivity contribution in [1.29, 1.82) is 0 Å². The molecule has 0 atom stereocenters. The zero-order valence-corrected chi connectivity index (χ0v) is 19.4. The van der Waals surface area contributed by atoms with Gasteiger partial charge in [0.05, 0.1) is 11.3 Å². The average molecular weight is 479 g/mol. The summed E-state index contributed by atoms with van der Waals surface area (Å²) < 4.78 is 12.1. The zero-order valence-electron chi connectivity index (χ0n) is 18.6. The van der Waals surface area contributed by atoms with Gasteiger partial charge >= 0.3 is 5.97 Å². The SMILES string of the molecule is CCc1nn2c(=O)cc(COC(=O)c3cccc(NC(=O)COc4ccccc4C)c3)nc2s1. The van der Waals surface area contributed by atoms with Gasteiger partial charge in [-0.25, -0.2) is 9.78 Å². The van der Waals surface area contributed by atoms with E-state index in [0.717, 1.165) is 10.6 Å². The van der Waals surface area contributed by atoms with Crippen LogP contribution in [0.25, 0.3) is 4.96 Å². The lowest BCUT2D eigenvalue weighted by atomic mass is 10.2. The van der Waals surface area contributed by atoms with Crippen LogP contribution in [0.5, 0.6) is 5.75 Å². The Morgan fingerprint density at radius 1 is 1.12 bits per heavy atom. The minimum atomic E-state index is -0.604. The maximum Gasteiger partial charge on any atom is 0.338 e. The van der Waals surface area contributed by atoms with Crippen LogP contribution < -0.4 is 15.6 Å². The van der Waals surface area contributed by atoms with Crippen LogP contribution in [0.15, 0.2) is 59.4 Å². The van der Waals surface area contributed by atoms with Gasteiger partial charge in [-0.2, -0.15) is 9.61 Å². The van der Waals surface area contributed by atoms with E-state index in [-0.39, 0.29) is 30.2 Å². The summed E-state index contributed by atoms with van der Waals surface area (Å²) in [5.41, 5.74) is 1.62. The molecular formula is C24H22N4O5S. The number of anilines is 1. The van der Waals surface area contributed by atoms with Crippen LogP contribution in [0.1, 0.15) is 33.5 Å². The number of nitrogens with one attached hydrogen (secondary N) is 1. The molecule has 174 valence electrons. The number of hydrogen-bond donors (Lipinski definition) is 1. The molecular weight excluding hydrogens is 456 g/mol. The molecule has 0 saturated heterocycles. The van der Waals surface area contributed by atoms with Crippen LogP contribution in [0.4, 0.5) is 5.69 Å². The highest BCUT2D eigenvalue weighted by molar-refractivity contribution is 7.16. The molecule has 0 radical (unpaired) electrons. The van der Waals surface area contributed by atoms with Crippen molar-refractivity contribution < 1.29 is 19.1 Å². The fourth-order valence-corrected chi connectivity index (χ4v) is 3.98. The molecule has 2 aromatic heterocycles. The highest BCUT2D eigenvalue weighted by Gasteiger charge is 2.13. The number of benzene rings is 2. The Bertz CT molecular complexity index is 1410. The Morgan fingerprint density at radius 3 is 2.74 bits per heavy atom. The number of para-hydroxylation sites is 1. The van der Waals surface area contributed by atoms with Crippen molar-refractivity contribution in [2.24, 2.45) is 0 Å². The van der Waals surface area contributed by atoms with Crippen molar-refractivity contribution >= 4 is 33.9 Å². The lowest BCUT2D eigenvalue weighted by Crippen LogP contribution is -2.20. The summed E-state index contributed by atoms with van der Waals surface area (Å²) in [6.07, 6.45) is 0.697. The Labute approximate surface area is 199 Å². The first kappa shape index (κ1) is 23.1. The molecule has 10 heteroatoms. The van der Waals surface area contributed by atoms with Crippen molar-refractivity contribution in [3.05, 3.63) is 86.8 Å². The quantitative estimate of drug-likeness (QED) is 0.386. The molecule has 4 rings (SSSR count). The number of aryl methyl sites for hydroxylation is 2. The van der Waals surface area contributed by atoms with Crippen molar-refractivity contribution in [3.63, 3.8) is 0 Å². The second kappa shape index (κ2) is 10.3. The molecule has 4 aromatic rings. The monoisotopic (exact) mass is 478 g/mol. The number of amides is 1. The Morgan fingerprint density at radius 2 is 1.94 bits per heavy atom. The van der Waals surface area contributed by atoms with E-state index in [4.69, 9.17) is 9.47 Å². The van der Waals surface area contributed by atoms with Gasteiger partial charge in [0.15, 0.2) is 6.61 Å². The third-order valence-corrected chi connectivity index (χ3v) is 5.88. The van der Waals surface area contributed by atoms with E-state index in [2.05, 4.69) is 15.4 Å². The molecule has 0 aliphatic heterocycles. The number of fused-ring (bicyclic) bond motifs is 1. The number of nitrogens with zero attached hydrogens (tertiary/aromatic N) is 3. The molecule has 0 saturated carbocycles. The summed E-state index contributed by atoms with van der Waals surface area (Å²) in [4.78, 5) is 41.8. The topological polar surface area (TPSA) is 112 Å². The molecule has 1 N–H and O–H groups in total. The van der Waals surface area contributed by atoms with E-state index in [1.807, 2.05) is 32.0 Å². The average Bonchev–Trinajstić information content (AvgIpc) is 3.26. The lowest BCUT2D eigenvalue weighted by Gasteiger charge is -2.10. The molecule has 0 fully saturated rings. The van der Waals surface area contributed by atoms with Gasteiger partial charge in [0.1, 0.15) is 17.4 Å². The highest BCUT2D eigenvalue weighted by atomic mass is 32.1. The molecule has 9 nitrogen and oxygen atoms in total. The predicted molar refractivity (Wildman–Crippen MR) is 127 cm³/mol. The van der Waals surface area contributed by atoms with Gasteiger partial charge in [0.25, 0.3) is 11.5 Å². The highest BCUT2D eigenvalue weighted by Crippen LogP contribution is 2.17. The summed E-state index contributed by atoms with van der Waals surface area (Å²) in [5, 5.41) is 7.69. The van der Waals surface area contributed by atoms with E-state index in [0.29, 0.717) is 28.5 Å². The van der Waals surface area contributed by atoms with Crippen LogP contribution in [-0.2, 0) is 22.6 Å². The first-order valence-corrected chi connectivity index (χ1v) is 11.4. The predicted octanol–water partition coefficient (Wildman–Crippen LogP) is 3.40. The number of carbonyl (C=O) groups excluding carboxylic acids is 2. The van der Waals surface area contributed by atoms with Crippen LogP contribution in [0.3, 0.4) is 0 Å². The van der Waals surface area contributed by atoms with E-state index in [9.17, 15) is 14.4 Å². The molecule has 0 aliphatic rings. The van der Waals surface area contributed by atoms with Crippen LogP contribution in [0, 0.1) is 6.92 Å². The number of carbonyl (C=O) groups is 2. The van der Waals surface area contributed by atoms with Crippen LogP contribution in [0.2, 0.25) is 0 Å². The van der Waals surface area contributed by atoms with E-state index in [1.165, 1.54) is 28.0 Å². The maximum atomic E-state index is 12.5. The van der Waals surface area contributed by atoms with Gasteiger partial charge < -0.3 is 14.8 Å². The third-order valence-electron chi connectivity index (χ3n) is 4.83. The maximum absolute atomic E-state index is 12.5. The molecule has 1 amide bonds. The molecule has 0 aliphatic carbocycles. The van der Waals surface area contributed by atoms with Gasteiger partial charge in [-0.3, -0.25) is 9.59 Å². The minimum Gasteiger partial charge on any atom is -0.483 e. The van der Waals surface area contributed by atoms with Crippen molar-refractivity contribution in [2.75, 3.05) is 11.9 Å². The Hall–Kier alpha value is -4.05. The van der Waals surface area contributed by atoms with E-state index in [1.54, 1.807) is 24.3 Å². The molecule has 2 heterocycles. The molecule has 2 aromatic carbocycles. The summed E-state index contributed by atoms with van der Waals surface area (Å²) in [6.45, 7) is 3.51. The number of ether oxygens (including phenoxy) is 2. The van der Waals surface area contributed by atoms with Gasteiger partial charge in [0, 0.05) is 11.8 Å². The summed E-state index contributed by atoms with van der Waals surface area (Å²) in [5.74, 6) is -0.332. The first-order valence-electron chi connectivity index (χ1n) is 10.6. The normalized spacial score (nSPS) is 10.8. The molecule has 0 spiro atoms. The zero-order chi connectivity index (χ0) is 24.1. The van der Waals surface area contributed by atoms with Crippen LogP contribution >= 0.6 is 11.3 Å². The molecule has 0 bridgehead atoms. The fraction of sp³-hybridized carbons (Fsp3) is 0.208. The number of rotatable bonds is 8. The number of aromatic nitrogens is 3. The Kier molecular flexibility index (Phi) is 6.98. The molecule has 34 heavy (non-hydrogen) atoms. The third kappa shape index (κ3) is 5.46. The van der Waals surface area contributed by atoms with Gasteiger partial charge in [-0.05, 0) is 43.2 Å². The number of hydrogen-bond acceptors (Lipinski definition) is 8. The van der Waals surface area contributed by atoms with Crippen LogP contribution in [-0.4, -0.2) is 33.1 Å². The first-order chi connectivity index (χ1) is 16.4. The van der Waals surface area contributed by atoms with Gasteiger partial charge in [-0.15, -0.1) is 0 Å². The second-order valence-corrected chi connectivity index (χ2v) is 8.43. The largest absolute Gasteiger partial charge is 0.483 e. The molecule has 0 unspecified atom stereocenters.